The second kappa shape index (κ2) is 9.14. The van der Waals surface area contributed by atoms with E-state index in [1.807, 2.05) is 24.3 Å². The molecule has 3 rings (SSSR count). The van der Waals surface area contributed by atoms with Crippen molar-refractivity contribution in [3.8, 4) is 0 Å². The van der Waals surface area contributed by atoms with Crippen LogP contribution in [0.25, 0.3) is 0 Å². The zero-order chi connectivity index (χ0) is 19.1. The van der Waals surface area contributed by atoms with Crippen LogP contribution >= 0.6 is 11.6 Å². The highest BCUT2D eigenvalue weighted by atomic mass is 35.5. The highest BCUT2D eigenvalue weighted by Gasteiger charge is 2.08. The van der Waals surface area contributed by atoms with Gasteiger partial charge in [0.25, 0.3) is 5.91 Å². The largest absolute Gasteiger partial charge is 0.380 e. The summed E-state index contributed by atoms with van der Waals surface area (Å²) in [6.45, 7) is 0.906. The Kier molecular flexibility index (Phi) is 6.39. The van der Waals surface area contributed by atoms with Crippen LogP contribution in [0.15, 0.2) is 66.9 Å². The predicted molar refractivity (Wildman–Crippen MR) is 105 cm³/mol. The van der Waals surface area contributed by atoms with Crippen molar-refractivity contribution in [3.63, 3.8) is 0 Å². The molecule has 0 spiro atoms. The van der Waals surface area contributed by atoms with E-state index in [1.54, 1.807) is 36.5 Å². The fraction of sp³-hybridized carbons (Fsp3) is 0.143. The quantitative estimate of drug-likeness (QED) is 0.633. The summed E-state index contributed by atoms with van der Waals surface area (Å²) in [6, 6.07) is 17.6. The second-order valence-electron chi connectivity index (χ2n) is 5.97. The van der Waals surface area contributed by atoms with Crippen LogP contribution in [-0.2, 0) is 13.0 Å². The maximum Gasteiger partial charge on any atom is 0.269 e. The van der Waals surface area contributed by atoms with Crippen molar-refractivity contribution < 1.29 is 9.18 Å². The van der Waals surface area contributed by atoms with Gasteiger partial charge in [-0.1, -0.05) is 48.0 Å². The summed E-state index contributed by atoms with van der Waals surface area (Å²) in [4.78, 5) is 16.3. The number of rotatable bonds is 7. The fourth-order valence-corrected chi connectivity index (χ4v) is 2.78. The van der Waals surface area contributed by atoms with Gasteiger partial charge in [0.15, 0.2) is 0 Å². The van der Waals surface area contributed by atoms with Gasteiger partial charge < -0.3 is 10.6 Å². The average Bonchev–Trinajstić information content (AvgIpc) is 2.69. The highest BCUT2D eigenvalue weighted by Crippen LogP contribution is 2.16. The Morgan fingerprint density at radius 2 is 1.74 bits per heavy atom. The topological polar surface area (TPSA) is 54.0 Å². The number of aromatic nitrogens is 1. The van der Waals surface area contributed by atoms with Crippen LogP contribution in [-0.4, -0.2) is 17.4 Å². The predicted octanol–water partition coefficient (Wildman–Crippen LogP) is 4.46. The molecule has 0 saturated carbocycles. The molecule has 0 radical (unpaired) electrons. The molecule has 2 N–H and O–H groups in total. The molecule has 0 atom stereocenters. The van der Waals surface area contributed by atoms with Gasteiger partial charge in [0.05, 0.1) is 11.9 Å². The molecule has 0 aliphatic heterocycles. The third kappa shape index (κ3) is 5.28. The number of halogens is 2. The van der Waals surface area contributed by atoms with Gasteiger partial charge in [-0.3, -0.25) is 4.79 Å². The summed E-state index contributed by atoms with van der Waals surface area (Å²) in [5, 5.41) is 6.67. The van der Waals surface area contributed by atoms with Crippen LogP contribution in [0.3, 0.4) is 0 Å². The number of carbonyl (C=O) groups excluding carboxylic acids is 1. The van der Waals surface area contributed by atoms with E-state index in [0.29, 0.717) is 35.8 Å². The molecule has 0 aliphatic carbocycles. The number of anilines is 1. The summed E-state index contributed by atoms with van der Waals surface area (Å²) < 4.78 is 13.6. The van der Waals surface area contributed by atoms with E-state index in [-0.39, 0.29) is 11.7 Å². The molecule has 0 bridgehead atoms. The Labute approximate surface area is 162 Å². The van der Waals surface area contributed by atoms with Gasteiger partial charge >= 0.3 is 0 Å². The third-order valence-electron chi connectivity index (χ3n) is 4.07. The van der Waals surface area contributed by atoms with Crippen molar-refractivity contribution in [2.24, 2.45) is 0 Å². The van der Waals surface area contributed by atoms with Crippen molar-refractivity contribution in [1.82, 2.24) is 10.3 Å². The third-order valence-corrected chi connectivity index (χ3v) is 4.44. The van der Waals surface area contributed by atoms with Crippen molar-refractivity contribution in [3.05, 3.63) is 94.5 Å². The van der Waals surface area contributed by atoms with Crippen LogP contribution in [0.5, 0.6) is 0 Å². The molecule has 0 saturated heterocycles. The minimum Gasteiger partial charge on any atom is -0.380 e. The molecular weight excluding hydrogens is 365 g/mol. The SMILES string of the molecule is O=C(NCCc1ccccc1F)c1ccc(NCc2ccccc2Cl)cn1. The zero-order valence-corrected chi connectivity index (χ0v) is 15.3. The molecule has 0 fully saturated rings. The van der Waals surface area contributed by atoms with Gasteiger partial charge in [-0.25, -0.2) is 9.37 Å². The van der Waals surface area contributed by atoms with Crippen molar-refractivity contribution in [2.45, 2.75) is 13.0 Å². The number of amides is 1. The molecule has 138 valence electrons. The van der Waals surface area contributed by atoms with E-state index in [9.17, 15) is 9.18 Å². The normalized spacial score (nSPS) is 10.4. The maximum atomic E-state index is 13.6. The van der Waals surface area contributed by atoms with Gasteiger partial charge in [-0.2, -0.15) is 0 Å². The van der Waals surface area contributed by atoms with Crippen molar-refractivity contribution in [2.75, 3.05) is 11.9 Å². The lowest BCUT2D eigenvalue weighted by Crippen LogP contribution is -2.26. The first kappa shape index (κ1) is 18.9. The summed E-state index contributed by atoms with van der Waals surface area (Å²) >= 11 is 6.13. The summed E-state index contributed by atoms with van der Waals surface area (Å²) in [7, 11) is 0. The number of nitrogens with one attached hydrogen (secondary N) is 2. The van der Waals surface area contributed by atoms with Crippen LogP contribution in [0.4, 0.5) is 10.1 Å². The van der Waals surface area contributed by atoms with Gasteiger partial charge in [-0.15, -0.1) is 0 Å². The van der Waals surface area contributed by atoms with Gasteiger partial charge in [0, 0.05) is 18.1 Å². The highest BCUT2D eigenvalue weighted by molar-refractivity contribution is 6.31. The molecule has 6 heteroatoms. The summed E-state index contributed by atoms with van der Waals surface area (Å²) in [6.07, 6.45) is 2.03. The number of hydrogen-bond donors (Lipinski definition) is 2. The van der Waals surface area contributed by atoms with E-state index in [0.717, 1.165) is 11.3 Å². The van der Waals surface area contributed by atoms with Crippen LogP contribution in [0.1, 0.15) is 21.6 Å². The lowest BCUT2D eigenvalue weighted by Gasteiger charge is -2.09. The number of carbonyl (C=O) groups is 1. The number of hydrogen-bond acceptors (Lipinski definition) is 3. The smallest absolute Gasteiger partial charge is 0.269 e. The minimum absolute atomic E-state index is 0.265. The second-order valence-corrected chi connectivity index (χ2v) is 6.38. The van der Waals surface area contributed by atoms with Crippen LogP contribution < -0.4 is 10.6 Å². The van der Waals surface area contributed by atoms with E-state index < -0.39 is 0 Å². The van der Waals surface area contributed by atoms with Crippen LogP contribution in [0, 0.1) is 5.82 Å². The van der Waals surface area contributed by atoms with Crippen molar-refractivity contribution in [1.29, 1.82) is 0 Å². The van der Waals surface area contributed by atoms with Gasteiger partial charge in [0.1, 0.15) is 11.5 Å². The standard InChI is InChI=1S/C21H19ClFN3O/c22-18-7-3-1-6-16(18)13-25-17-9-10-20(26-14-17)21(27)24-12-11-15-5-2-4-8-19(15)23/h1-10,14,25H,11-13H2,(H,24,27). The van der Waals surface area contributed by atoms with Crippen molar-refractivity contribution >= 4 is 23.2 Å². The van der Waals surface area contributed by atoms with Gasteiger partial charge in [-0.05, 0) is 41.8 Å². The number of benzene rings is 2. The van der Waals surface area contributed by atoms with Crippen LogP contribution in [0.2, 0.25) is 5.02 Å². The molecular formula is C21H19ClFN3O. The zero-order valence-electron chi connectivity index (χ0n) is 14.6. The van der Waals surface area contributed by atoms with E-state index in [4.69, 9.17) is 11.6 Å². The number of nitrogens with zero attached hydrogens (tertiary/aromatic N) is 1. The first-order chi connectivity index (χ1) is 13.1. The number of pyridine rings is 1. The van der Waals surface area contributed by atoms with E-state index in [2.05, 4.69) is 15.6 Å². The Morgan fingerprint density at radius 1 is 1.00 bits per heavy atom. The summed E-state index contributed by atoms with van der Waals surface area (Å²) in [5.74, 6) is -0.553. The van der Waals surface area contributed by atoms with Gasteiger partial charge in [0.2, 0.25) is 0 Å². The Morgan fingerprint density at radius 3 is 2.44 bits per heavy atom. The molecule has 2 aromatic carbocycles. The molecule has 0 aliphatic rings. The molecule has 1 aromatic heterocycles. The Bertz CT molecular complexity index is 915. The molecule has 27 heavy (non-hydrogen) atoms. The Balaban J connectivity index is 1.50. The van der Waals surface area contributed by atoms with E-state index in [1.165, 1.54) is 6.07 Å². The first-order valence-electron chi connectivity index (χ1n) is 8.58. The summed E-state index contributed by atoms with van der Waals surface area (Å²) in [5.41, 5.74) is 2.66. The lowest BCUT2D eigenvalue weighted by molar-refractivity contribution is 0.0949. The van der Waals surface area contributed by atoms with E-state index >= 15 is 0 Å². The minimum atomic E-state index is -0.288. The average molecular weight is 384 g/mol. The molecule has 4 nitrogen and oxygen atoms in total. The molecule has 3 aromatic rings. The first-order valence-corrected chi connectivity index (χ1v) is 8.96. The molecule has 1 amide bonds. The Hall–Kier alpha value is -2.92. The fourth-order valence-electron chi connectivity index (χ4n) is 2.57. The maximum absolute atomic E-state index is 13.6. The molecule has 0 unspecified atom stereocenters. The lowest BCUT2D eigenvalue weighted by atomic mass is 10.1. The monoisotopic (exact) mass is 383 g/mol. The molecule has 1 heterocycles.